The van der Waals surface area contributed by atoms with E-state index in [2.05, 4.69) is 105 Å². The van der Waals surface area contributed by atoms with Crippen LogP contribution >= 0.6 is 0 Å². The van der Waals surface area contributed by atoms with E-state index in [0.29, 0.717) is 30.9 Å². The first kappa shape index (κ1) is 29.2. The quantitative estimate of drug-likeness (QED) is 0.0845. The van der Waals surface area contributed by atoms with Crippen LogP contribution in [0.5, 0.6) is 0 Å². The van der Waals surface area contributed by atoms with Gasteiger partial charge in [-0.1, -0.05) is 99.5 Å². The van der Waals surface area contributed by atoms with Crippen LogP contribution in [0.15, 0.2) is 72.8 Å². The molecule has 1 heterocycles. The number of nitrogens with one attached hydrogen (secondary N) is 4. The average molecular weight is 541 g/mol. The Labute approximate surface area is 239 Å². The van der Waals surface area contributed by atoms with Gasteiger partial charge >= 0.3 is 0 Å². The maximum atomic E-state index is 4.70. The van der Waals surface area contributed by atoms with Gasteiger partial charge in [0.25, 0.3) is 0 Å². The fraction of sp³-hybridized carbons (Fsp3) is 0.406. The van der Waals surface area contributed by atoms with Crippen molar-refractivity contribution in [1.82, 2.24) is 25.4 Å². The van der Waals surface area contributed by atoms with Crippen molar-refractivity contribution in [1.29, 1.82) is 0 Å². The first-order chi connectivity index (χ1) is 19.7. The molecule has 0 amide bonds. The number of benzene rings is 3. The van der Waals surface area contributed by atoms with Crippen LogP contribution in [-0.4, -0.2) is 46.1 Å². The number of unbranched alkanes of at least 4 members (excludes halogenated alkanes) is 2. The van der Waals surface area contributed by atoms with Crippen molar-refractivity contribution < 1.29 is 0 Å². The first-order valence-corrected chi connectivity index (χ1v) is 14.7. The molecule has 0 saturated heterocycles. The molecule has 0 atom stereocenters. The van der Waals surface area contributed by atoms with Gasteiger partial charge in [-0.15, -0.1) is 0 Å². The van der Waals surface area contributed by atoms with E-state index in [1.807, 2.05) is 18.2 Å². The molecule has 4 N–H and O–H groups in total. The van der Waals surface area contributed by atoms with Gasteiger partial charge in [0.15, 0.2) is 0 Å². The number of hydrogen-bond donors (Lipinski definition) is 4. The standard InChI is InChI=1S/C32H44N8/c1-3-5-21-36-40(22-6-4-2)23-13-20-33-30-37-31(34-24-26-14-8-7-9-15-26)39-32(38-30)35-25-28-18-12-17-27-16-10-11-19-29(27)28/h7-12,14-19,36H,3-6,13,20-25H2,1-2H3,(H3,33,34,35,37,38,39). The lowest BCUT2D eigenvalue weighted by atomic mass is 10.0. The lowest BCUT2D eigenvalue weighted by molar-refractivity contribution is 0.183. The molecule has 0 aliphatic carbocycles. The summed E-state index contributed by atoms with van der Waals surface area (Å²) in [4.78, 5) is 14.0. The molecule has 1 aromatic heterocycles. The lowest BCUT2D eigenvalue weighted by Crippen LogP contribution is -2.40. The zero-order valence-electron chi connectivity index (χ0n) is 24.0. The Bertz CT molecular complexity index is 1280. The highest BCUT2D eigenvalue weighted by Crippen LogP contribution is 2.20. The van der Waals surface area contributed by atoms with E-state index in [9.17, 15) is 0 Å². The molecule has 0 saturated carbocycles. The Morgan fingerprint density at radius 3 is 2.02 bits per heavy atom. The van der Waals surface area contributed by atoms with E-state index in [1.165, 1.54) is 47.6 Å². The second-order valence-corrected chi connectivity index (χ2v) is 10.0. The topological polar surface area (TPSA) is 90.0 Å². The number of rotatable bonds is 18. The molecule has 0 radical (unpaired) electrons. The van der Waals surface area contributed by atoms with Crippen molar-refractivity contribution in [2.45, 2.75) is 59.0 Å². The van der Waals surface area contributed by atoms with Crippen LogP contribution < -0.4 is 21.4 Å². The van der Waals surface area contributed by atoms with Crippen molar-refractivity contribution in [3.05, 3.63) is 83.9 Å². The van der Waals surface area contributed by atoms with E-state index >= 15 is 0 Å². The Morgan fingerprint density at radius 2 is 1.25 bits per heavy atom. The van der Waals surface area contributed by atoms with Crippen LogP contribution in [0.1, 0.15) is 57.1 Å². The molecule has 8 heteroatoms. The number of hydrogen-bond acceptors (Lipinski definition) is 8. The summed E-state index contributed by atoms with van der Waals surface area (Å²) < 4.78 is 0. The van der Waals surface area contributed by atoms with E-state index in [4.69, 9.17) is 4.98 Å². The SMILES string of the molecule is CCCCNN(CCCC)CCCNc1nc(NCc2ccccc2)nc(NCc2cccc3ccccc23)n1. The minimum atomic E-state index is 0.548. The molecule has 0 bridgehead atoms. The molecule has 8 nitrogen and oxygen atoms in total. The fourth-order valence-electron chi connectivity index (χ4n) is 4.51. The monoisotopic (exact) mass is 540 g/mol. The summed E-state index contributed by atoms with van der Waals surface area (Å²) in [5, 5.41) is 15.0. The van der Waals surface area contributed by atoms with Gasteiger partial charge in [0, 0.05) is 39.3 Å². The highest BCUT2D eigenvalue weighted by atomic mass is 15.5. The molecular weight excluding hydrogens is 496 g/mol. The zero-order valence-corrected chi connectivity index (χ0v) is 24.0. The second kappa shape index (κ2) is 16.4. The van der Waals surface area contributed by atoms with Gasteiger partial charge in [-0.2, -0.15) is 15.0 Å². The Kier molecular flexibility index (Phi) is 12.0. The largest absolute Gasteiger partial charge is 0.354 e. The summed E-state index contributed by atoms with van der Waals surface area (Å²) in [6, 6.07) is 25.1. The van der Waals surface area contributed by atoms with E-state index in [0.717, 1.165) is 32.6 Å². The predicted octanol–water partition coefficient (Wildman–Crippen LogP) is 6.46. The Morgan fingerprint density at radius 1 is 0.600 bits per heavy atom. The summed E-state index contributed by atoms with van der Waals surface area (Å²) in [6.07, 6.45) is 5.77. The molecular formula is C32H44N8. The van der Waals surface area contributed by atoms with Crippen molar-refractivity contribution in [3.63, 3.8) is 0 Å². The van der Waals surface area contributed by atoms with E-state index in [1.54, 1.807) is 0 Å². The molecule has 0 spiro atoms. The number of fused-ring (bicyclic) bond motifs is 1. The van der Waals surface area contributed by atoms with Crippen LogP contribution in [0, 0.1) is 0 Å². The van der Waals surface area contributed by atoms with Gasteiger partial charge < -0.3 is 16.0 Å². The summed E-state index contributed by atoms with van der Waals surface area (Å²) in [7, 11) is 0. The molecule has 3 aromatic carbocycles. The van der Waals surface area contributed by atoms with Gasteiger partial charge in [0.1, 0.15) is 0 Å². The second-order valence-electron chi connectivity index (χ2n) is 10.0. The van der Waals surface area contributed by atoms with Crippen LogP contribution in [-0.2, 0) is 13.1 Å². The van der Waals surface area contributed by atoms with E-state index < -0.39 is 0 Å². The van der Waals surface area contributed by atoms with Crippen LogP contribution in [0.2, 0.25) is 0 Å². The van der Waals surface area contributed by atoms with Gasteiger partial charge in [-0.3, -0.25) is 5.43 Å². The number of nitrogens with zero attached hydrogens (tertiary/aromatic N) is 4. The molecule has 0 unspecified atom stereocenters. The lowest BCUT2D eigenvalue weighted by Gasteiger charge is -2.23. The molecule has 4 aromatic rings. The molecule has 40 heavy (non-hydrogen) atoms. The fourth-order valence-corrected chi connectivity index (χ4v) is 4.51. The maximum Gasteiger partial charge on any atom is 0.229 e. The summed E-state index contributed by atoms with van der Waals surface area (Å²) in [5.74, 6) is 1.67. The maximum absolute atomic E-state index is 4.70. The highest BCUT2D eigenvalue weighted by molar-refractivity contribution is 5.85. The van der Waals surface area contributed by atoms with Crippen LogP contribution in [0.25, 0.3) is 10.8 Å². The highest BCUT2D eigenvalue weighted by Gasteiger charge is 2.09. The first-order valence-electron chi connectivity index (χ1n) is 14.7. The summed E-state index contributed by atoms with van der Waals surface area (Å²) in [6.45, 7) is 9.59. The minimum Gasteiger partial charge on any atom is -0.354 e. The molecule has 4 rings (SSSR count). The van der Waals surface area contributed by atoms with Crippen molar-refractivity contribution in [2.24, 2.45) is 0 Å². The number of hydrazine groups is 1. The molecule has 0 aliphatic heterocycles. The molecule has 212 valence electrons. The molecule has 0 fully saturated rings. The smallest absolute Gasteiger partial charge is 0.229 e. The van der Waals surface area contributed by atoms with Crippen molar-refractivity contribution in [3.8, 4) is 0 Å². The van der Waals surface area contributed by atoms with Crippen LogP contribution in [0.4, 0.5) is 17.8 Å². The minimum absolute atomic E-state index is 0.548. The third kappa shape index (κ3) is 9.47. The zero-order chi connectivity index (χ0) is 27.8. The average Bonchev–Trinajstić information content (AvgIpc) is 3.00. The third-order valence-electron chi connectivity index (χ3n) is 6.78. The third-order valence-corrected chi connectivity index (χ3v) is 6.78. The van der Waals surface area contributed by atoms with Crippen molar-refractivity contribution >= 4 is 28.6 Å². The van der Waals surface area contributed by atoms with Gasteiger partial charge in [0.2, 0.25) is 17.8 Å². The Balaban J connectivity index is 1.40. The van der Waals surface area contributed by atoms with Gasteiger partial charge in [0.05, 0.1) is 0 Å². The number of anilines is 3. The predicted molar refractivity (Wildman–Crippen MR) is 167 cm³/mol. The van der Waals surface area contributed by atoms with Crippen molar-refractivity contribution in [2.75, 3.05) is 42.1 Å². The van der Waals surface area contributed by atoms with Crippen LogP contribution in [0.3, 0.4) is 0 Å². The Hall–Kier alpha value is -3.75. The van der Waals surface area contributed by atoms with Gasteiger partial charge in [-0.25, -0.2) is 5.01 Å². The summed E-state index contributed by atoms with van der Waals surface area (Å²) >= 11 is 0. The number of aromatic nitrogens is 3. The normalized spacial score (nSPS) is 11.2. The van der Waals surface area contributed by atoms with Gasteiger partial charge in [-0.05, 0) is 41.2 Å². The molecule has 0 aliphatic rings. The van der Waals surface area contributed by atoms with E-state index in [-0.39, 0.29) is 0 Å². The summed E-state index contributed by atoms with van der Waals surface area (Å²) in [5.41, 5.74) is 5.97.